The first-order valence-corrected chi connectivity index (χ1v) is 9.38. The van der Waals surface area contributed by atoms with E-state index >= 15 is 4.39 Å². The largest absolute Gasteiger partial charge is 0.453 e. The van der Waals surface area contributed by atoms with Crippen molar-refractivity contribution in [2.75, 3.05) is 11.5 Å². The summed E-state index contributed by atoms with van der Waals surface area (Å²) >= 11 is 0. The molecule has 3 aromatic carbocycles. The van der Waals surface area contributed by atoms with Gasteiger partial charge < -0.3 is 20.9 Å². The SMILES string of the molecule is Nc1cc(F)c(C(F)(F)F)c(Oc2ccc(C(F)(F)F)c(Oc3cc(N)cc(F)c3C(F)(F)F)c2F)c1. The molecule has 3 rings (SSSR count). The topological polar surface area (TPSA) is 70.5 Å². The number of nitrogens with two attached hydrogens (primary N) is 2. The zero-order valence-electron chi connectivity index (χ0n) is 17.5. The summed E-state index contributed by atoms with van der Waals surface area (Å²) in [5.74, 6) is -13.0. The van der Waals surface area contributed by atoms with Gasteiger partial charge in [-0.2, -0.15) is 43.9 Å². The Hall–Kier alpha value is -3.98. The molecule has 3 aromatic rings. The predicted octanol–water partition coefficient (Wildman–Crippen LogP) is 7.91. The highest BCUT2D eigenvalue weighted by Gasteiger charge is 2.42. The quantitative estimate of drug-likeness (QED) is 0.256. The Labute approximate surface area is 198 Å². The summed E-state index contributed by atoms with van der Waals surface area (Å²) in [4.78, 5) is 0. The maximum atomic E-state index is 15.1. The molecule has 0 fully saturated rings. The van der Waals surface area contributed by atoms with Crippen LogP contribution in [0.2, 0.25) is 0 Å². The van der Waals surface area contributed by atoms with Crippen molar-refractivity contribution in [3.05, 3.63) is 70.5 Å². The Morgan fingerprint density at radius 2 is 0.973 bits per heavy atom. The minimum atomic E-state index is -5.56. The molecule has 0 amide bonds. The van der Waals surface area contributed by atoms with Gasteiger partial charge in [0.15, 0.2) is 11.5 Å². The van der Waals surface area contributed by atoms with Crippen molar-refractivity contribution in [3.63, 3.8) is 0 Å². The number of nitrogen functional groups attached to an aromatic ring is 2. The Morgan fingerprint density at radius 3 is 1.38 bits per heavy atom. The number of hydrogen-bond donors (Lipinski definition) is 2. The van der Waals surface area contributed by atoms with Gasteiger partial charge in [0.05, 0.1) is 0 Å². The van der Waals surface area contributed by atoms with Crippen molar-refractivity contribution in [1.82, 2.24) is 0 Å². The normalized spacial score (nSPS) is 12.5. The van der Waals surface area contributed by atoms with Gasteiger partial charge in [-0.15, -0.1) is 0 Å². The van der Waals surface area contributed by atoms with Crippen molar-refractivity contribution in [1.29, 1.82) is 0 Å². The second kappa shape index (κ2) is 9.15. The molecule has 0 saturated heterocycles. The van der Waals surface area contributed by atoms with Crippen LogP contribution in [0, 0.1) is 17.5 Å². The molecule has 0 spiro atoms. The third-order valence-electron chi connectivity index (χ3n) is 4.52. The summed E-state index contributed by atoms with van der Waals surface area (Å²) in [6.45, 7) is 0. The van der Waals surface area contributed by atoms with Crippen LogP contribution in [-0.4, -0.2) is 0 Å². The summed E-state index contributed by atoms with van der Waals surface area (Å²) < 4.78 is 172. The molecular formula is C21H10F12N2O2. The number of rotatable bonds is 4. The van der Waals surface area contributed by atoms with Gasteiger partial charge in [0.2, 0.25) is 5.82 Å². The van der Waals surface area contributed by atoms with Crippen molar-refractivity contribution < 1.29 is 62.2 Å². The van der Waals surface area contributed by atoms with E-state index in [-0.39, 0.29) is 30.3 Å². The number of ether oxygens (including phenoxy) is 2. The molecule has 0 radical (unpaired) electrons. The molecule has 0 saturated carbocycles. The lowest BCUT2D eigenvalue weighted by atomic mass is 10.1. The maximum Gasteiger partial charge on any atom is 0.422 e. The van der Waals surface area contributed by atoms with E-state index in [1.54, 1.807) is 0 Å². The summed E-state index contributed by atoms with van der Waals surface area (Å²) in [6, 6.07) is 1.19. The lowest BCUT2D eigenvalue weighted by Crippen LogP contribution is -2.14. The average Bonchev–Trinajstić information content (AvgIpc) is 2.66. The fourth-order valence-corrected chi connectivity index (χ4v) is 3.08. The predicted molar refractivity (Wildman–Crippen MR) is 103 cm³/mol. The van der Waals surface area contributed by atoms with Crippen LogP contribution in [-0.2, 0) is 18.5 Å². The molecule has 0 aromatic heterocycles. The van der Waals surface area contributed by atoms with Gasteiger partial charge in [-0.3, -0.25) is 0 Å². The Morgan fingerprint density at radius 1 is 0.541 bits per heavy atom. The molecule has 0 heterocycles. The number of anilines is 2. The van der Waals surface area contributed by atoms with Crippen LogP contribution >= 0.6 is 0 Å². The molecule has 16 heteroatoms. The fourth-order valence-electron chi connectivity index (χ4n) is 3.08. The van der Waals surface area contributed by atoms with Crippen molar-refractivity contribution in [2.24, 2.45) is 0 Å². The van der Waals surface area contributed by atoms with Gasteiger partial charge in [0.1, 0.15) is 39.8 Å². The van der Waals surface area contributed by atoms with E-state index in [9.17, 15) is 48.3 Å². The molecule has 0 aliphatic carbocycles. The van der Waals surface area contributed by atoms with Gasteiger partial charge in [-0.1, -0.05) is 0 Å². The van der Waals surface area contributed by atoms with Crippen LogP contribution in [0.1, 0.15) is 16.7 Å². The zero-order chi connectivity index (χ0) is 28.1. The summed E-state index contributed by atoms with van der Waals surface area (Å²) in [7, 11) is 0. The molecule has 0 bridgehead atoms. The van der Waals surface area contributed by atoms with Gasteiger partial charge in [0, 0.05) is 23.5 Å². The lowest BCUT2D eigenvalue weighted by molar-refractivity contribution is -0.142. The number of hydrogen-bond acceptors (Lipinski definition) is 4. The Kier molecular flexibility index (Phi) is 6.83. The molecule has 0 aliphatic rings. The van der Waals surface area contributed by atoms with Gasteiger partial charge in [-0.25, -0.2) is 8.78 Å². The summed E-state index contributed by atoms with van der Waals surface area (Å²) in [5, 5.41) is 0. The van der Waals surface area contributed by atoms with Crippen LogP contribution in [0.15, 0.2) is 36.4 Å². The molecule has 4 N–H and O–H groups in total. The van der Waals surface area contributed by atoms with Crippen LogP contribution in [0.25, 0.3) is 0 Å². The van der Waals surface area contributed by atoms with Gasteiger partial charge in [0.25, 0.3) is 0 Å². The third-order valence-corrected chi connectivity index (χ3v) is 4.52. The minimum absolute atomic E-state index is 0.000418. The molecule has 37 heavy (non-hydrogen) atoms. The lowest BCUT2D eigenvalue weighted by Gasteiger charge is -2.20. The first kappa shape index (κ1) is 27.6. The van der Waals surface area contributed by atoms with E-state index in [1.807, 2.05) is 0 Å². The summed E-state index contributed by atoms with van der Waals surface area (Å²) in [5.41, 5.74) is 2.65. The fraction of sp³-hybridized carbons (Fsp3) is 0.143. The molecule has 0 atom stereocenters. The van der Waals surface area contributed by atoms with E-state index in [0.29, 0.717) is 6.07 Å². The highest BCUT2D eigenvalue weighted by Crippen LogP contribution is 2.48. The minimum Gasteiger partial charge on any atom is -0.453 e. The van der Waals surface area contributed by atoms with Crippen molar-refractivity contribution in [2.45, 2.75) is 18.5 Å². The maximum absolute atomic E-state index is 15.1. The van der Waals surface area contributed by atoms with Gasteiger partial charge in [-0.05, 0) is 24.3 Å². The third kappa shape index (κ3) is 5.72. The second-order valence-electron chi connectivity index (χ2n) is 7.20. The van der Waals surface area contributed by atoms with E-state index in [0.717, 1.165) is 0 Å². The van der Waals surface area contributed by atoms with Crippen molar-refractivity contribution >= 4 is 11.4 Å². The zero-order valence-corrected chi connectivity index (χ0v) is 17.5. The Bertz CT molecular complexity index is 1350. The van der Waals surface area contributed by atoms with E-state index in [1.165, 1.54) is 0 Å². The number of alkyl halides is 9. The van der Waals surface area contributed by atoms with Crippen LogP contribution in [0.4, 0.5) is 64.1 Å². The number of benzene rings is 3. The molecule has 0 aliphatic heterocycles. The first-order chi connectivity index (χ1) is 16.8. The second-order valence-corrected chi connectivity index (χ2v) is 7.20. The average molecular weight is 550 g/mol. The van der Waals surface area contributed by atoms with Crippen LogP contribution < -0.4 is 20.9 Å². The van der Waals surface area contributed by atoms with E-state index in [2.05, 4.69) is 9.47 Å². The molecule has 4 nitrogen and oxygen atoms in total. The standard InChI is InChI=1S/C21H10F12N2O2/c22-10-3-7(34)5-13(15(10)20(28,29)30)36-12-2-1-9(19(25,26)27)18(17(12)24)37-14-6-8(35)4-11(23)16(14)21(31,32)33/h1-6H,34-35H2. The Balaban J connectivity index is 2.24. The monoisotopic (exact) mass is 550 g/mol. The molecule has 0 unspecified atom stereocenters. The van der Waals surface area contributed by atoms with Gasteiger partial charge >= 0.3 is 18.5 Å². The number of halogens is 12. The molecular weight excluding hydrogens is 540 g/mol. The first-order valence-electron chi connectivity index (χ1n) is 9.38. The van der Waals surface area contributed by atoms with Crippen LogP contribution in [0.5, 0.6) is 23.0 Å². The highest BCUT2D eigenvalue weighted by molar-refractivity contribution is 5.56. The summed E-state index contributed by atoms with van der Waals surface area (Å²) in [6.07, 6.45) is -16.5. The van der Waals surface area contributed by atoms with Crippen LogP contribution in [0.3, 0.4) is 0 Å². The smallest absolute Gasteiger partial charge is 0.422 e. The highest BCUT2D eigenvalue weighted by atomic mass is 19.4. The van der Waals surface area contributed by atoms with E-state index in [4.69, 9.17) is 11.5 Å². The van der Waals surface area contributed by atoms with E-state index < -0.39 is 87.0 Å². The van der Waals surface area contributed by atoms with Crippen molar-refractivity contribution in [3.8, 4) is 23.0 Å². The molecule has 200 valence electrons.